The predicted octanol–water partition coefficient (Wildman–Crippen LogP) is 4.61. The van der Waals surface area contributed by atoms with Crippen LogP contribution in [0.4, 0.5) is 5.69 Å². The lowest BCUT2D eigenvalue weighted by Crippen LogP contribution is -2.26. The first kappa shape index (κ1) is 28.7. The van der Waals surface area contributed by atoms with Crippen LogP contribution < -0.4 is 10.1 Å². The number of nitrogens with zero attached hydrogens (tertiary/aromatic N) is 6. The van der Waals surface area contributed by atoms with E-state index in [-0.39, 0.29) is 24.2 Å². The molecule has 0 aliphatic heterocycles. The zero-order valence-electron chi connectivity index (χ0n) is 23.5. The van der Waals surface area contributed by atoms with Gasteiger partial charge in [-0.2, -0.15) is 5.10 Å². The third-order valence-electron chi connectivity index (χ3n) is 6.02. The number of rotatable bonds is 12. The number of anilines is 1. The largest absolute Gasteiger partial charge is 0.437 e. The molecule has 210 valence electrons. The predicted molar refractivity (Wildman–Crippen MR) is 157 cm³/mol. The fourth-order valence-electron chi connectivity index (χ4n) is 3.76. The highest BCUT2D eigenvalue weighted by Gasteiger charge is 2.18. The SMILES string of the molecule is C=CC(=O)Nc1cccc(Oc2cnc3c(n2)c(-c2cnn(CC(=O)N(C)C)c2)cn3COCC[Si](C)(C)C)c1. The molecule has 0 bridgehead atoms. The maximum Gasteiger partial charge on any atom is 0.247 e. The third-order valence-corrected chi connectivity index (χ3v) is 7.72. The van der Waals surface area contributed by atoms with Gasteiger partial charge in [-0.15, -0.1) is 0 Å². The Labute approximate surface area is 234 Å². The van der Waals surface area contributed by atoms with E-state index in [1.807, 2.05) is 17.0 Å². The van der Waals surface area contributed by atoms with Gasteiger partial charge in [0.25, 0.3) is 0 Å². The Morgan fingerprint density at radius 2 is 1.98 bits per heavy atom. The first-order valence-electron chi connectivity index (χ1n) is 12.9. The lowest BCUT2D eigenvalue weighted by molar-refractivity contribution is -0.129. The van der Waals surface area contributed by atoms with Gasteiger partial charge in [0.05, 0.1) is 12.4 Å². The van der Waals surface area contributed by atoms with Crippen LogP contribution in [0.1, 0.15) is 0 Å². The van der Waals surface area contributed by atoms with Crippen molar-refractivity contribution in [2.24, 2.45) is 0 Å². The highest BCUT2D eigenvalue weighted by atomic mass is 28.3. The fourth-order valence-corrected chi connectivity index (χ4v) is 4.51. The van der Waals surface area contributed by atoms with Crippen LogP contribution in [0.2, 0.25) is 25.7 Å². The summed E-state index contributed by atoms with van der Waals surface area (Å²) in [5, 5.41) is 7.09. The molecule has 3 heterocycles. The van der Waals surface area contributed by atoms with Gasteiger partial charge >= 0.3 is 0 Å². The van der Waals surface area contributed by atoms with E-state index in [2.05, 4.69) is 41.6 Å². The van der Waals surface area contributed by atoms with E-state index in [0.717, 1.165) is 17.2 Å². The van der Waals surface area contributed by atoms with Crippen molar-refractivity contribution in [1.29, 1.82) is 0 Å². The molecule has 0 aliphatic rings. The van der Waals surface area contributed by atoms with E-state index in [1.54, 1.807) is 55.4 Å². The van der Waals surface area contributed by atoms with Gasteiger partial charge < -0.3 is 24.3 Å². The van der Waals surface area contributed by atoms with Crippen LogP contribution in [-0.2, 0) is 27.6 Å². The lowest BCUT2D eigenvalue weighted by Gasteiger charge is -2.15. The van der Waals surface area contributed by atoms with Gasteiger partial charge in [-0.05, 0) is 24.3 Å². The molecule has 4 rings (SSSR count). The molecule has 0 unspecified atom stereocenters. The van der Waals surface area contributed by atoms with Gasteiger partial charge in [-0.3, -0.25) is 14.3 Å². The maximum atomic E-state index is 12.2. The van der Waals surface area contributed by atoms with E-state index in [1.165, 1.54) is 11.0 Å². The average Bonchev–Trinajstić information content (AvgIpc) is 3.50. The first-order chi connectivity index (χ1) is 19.0. The van der Waals surface area contributed by atoms with Crippen molar-refractivity contribution in [2.75, 3.05) is 26.0 Å². The molecular formula is C28H35N7O4Si. The minimum Gasteiger partial charge on any atom is -0.437 e. The van der Waals surface area contributed by atoms with Crippen LogP contribution in [0.15, 0.2) is 61.7 Å². The van der Waals surface area contributed by atoms with Gasteiger partial charge in [0.1, 0.15) is 24.5 Å². The zero-order valence-corrected chi connectivity index (χ0v) is 24.5. The first-order valence-corrected chi connectivity index (χ1v) is 16.6. The van der Waals surface area contributed by atoms with Gasteiger partial charge in [0.2, 0.25) is 17.7 Å². The molecule has 0 aliphatic carbocycles. The fraction of sp³-hybridized carbons (Fsp3) is 0.321. The van der Waals surface area contributed by atoms with Crippen LogP contribution in [0.25, 0.3) is 22.3 Å². The number of carbonyl (C=O) groups is 2. The van der Waals surface area contributed by atoms with Crippen LogP contribution in [0.3, 0.4) is 0 Å². The molecule has 1 N–H and O–H groups in total. The summed E-state index contributed by atoms with van der Waals surface area (Å²) in [6.07, 6.45) is 8.21. The highest BCUT2D eigenvalue weighted by molar-refractivity contribution is 6.76. The molecular weight excluding hydrogens is 526 g/mol. The Morgan fingerprint density at radius 3 is 2.70 bits per heavy atom. The summed E-state index contributed by atoms with van der Waals surface area (Å²) in [6, 6.07) is 8.03. The molecule has 4 aromatic rings. The molecule has 0 atom stereocenters. The summed E-state index contributed by atoms with van der Waals surface area (Å²) in [5.41, 5.74) is 3.40. The smallest absolute Gasteiger partial charge is 0.247 e. The molecule has 1 aromatic carbocycles. The molecule has 0 saturated carbocycles. The maximum absolute atomic E-state index is 12.2. The van der Waals surface area contributed by atoms with Crippen molar-refractivity contribution in [3.8, 4) is 22.8 Å². The minimum atomic E-state index is -1.22. The Balaban J connectivity index is 1.64. The van der Waals surface area contributed by atoms with Crippen LogP contribution in [-0.4, -0.2) is 69.8 Å². The summed E-state index contributed by atoms with van der Waals surface area (Å²) in [7, 11) is 2.20. The van der Waals surface area contributed by atoms with Crippen molar-refractivity contribution >= 4 is 36.7 Å². The molecule has 0 fully saturated rings. The molecule has 12 heteroatoms. The average molecular weight is 562 g/mol. The number of nitrogens with one attached hydrogen (secondary N) is 1. The molecule has 40 heavy (non-hydrogen) atoms. The topological polar surface area (TPSA) is 116 Å². The van der Waals surface area contributed by atoms with E-state index < -0.39 is 8.07 Å². The summed E-state index contributed by atoms with van der Waals surface area (Å²) in [5.74, 6) is 0.397. The van der Waals surface area contributed by atoms with Gasteiger partial charge in [0, 0.05) is 64.1 Å². The van der Waals surface area contributed by atoms with Gasteiger partial charge in [-0.25, -0.2) is 9.97 Å². The number of hydrogen-bond donors (Lipinski definition) is 1. The number of amides is 2. The molecule has 0 radical (unpaired) electrons. The van der Waals surface area contributed by atoms with Crippen molar-refractivity contribution in [2.45, 2.75) is 39.0 Å². The normalized spacial score (nSPS) is 11.4. The van der Waals surface area contributed by atoms with E-state index in [0.29, 0.717) is 35.9 Å². The second kappa shape index (κ2) is 12.3. The third kappa shape index (κ3) is 7.42. The lowest BCUT2D eigenvalue weighted by atomic mass is 10.2. The Hall–Kier alpha value is -4.29. The second-order valence-corrected chi connectivity index (χ2v) is 16.4. The number of ether oxygens (including phenoxy) is 2. The number of likely N-dealkylation sites (N-methyl/N-ethyl adjacent to an activating group) is 1. The van der Waals surface area contributed by atoms with Crippen LogP contribution in [0, 0.1) is 0 Å². The van der Waals surface area contributed by atoms with Crippen LogP contribution in [0.5, 0.6) is 11.6 Å². The molecule has 3 aromatic heterocycles. The van der Waals surface area contributed by atoms with E-state index in [4.69, 9.17) is 14.5 Å². The summed E-state index contributed by atoms with van der Waals surface area (Å²) >= 11 is 0. The van der Waals surface area contributed by atoms with E-state index in [9.17, 15) is 9.59 Å². The standard InChI is InChI=1S/C28H35N7O4Si/c1-7-24(36)31-21-9-8-10-22(13-21)39-25-15-29-28-27(32-25)23(17-34(28)19-38-11-12-40(4,5)6)20-14-30-35(16-20)18-26(37)33(2)3/h7-10,13-17H,1,11-12,18-19H2,2-6H3,(H,31,36). The van der Waals surface area contributed by atoms with Crippen molar-refractivity contribution in [3.05, 3.63) is 61.7 Å². The van der Waals surface area contributed by atoms with Crippen LogP contribution >= 0.6 is 0 Å². The van der Waals surface area contributed by atoms with Crippen molar-refractivity contribution in [1.82, 2.24) is 29.2 Å². The Kier molecular flexibility index (Phi) is 8.80. The summed E-state index contributed by atoms with van der Waals surface area (Å²) in [4.78, 5) is 34.8. The monoisotopic (exact) mass is 561 g/mol. The number of carbonyl (C=O) groups excluding carboxylic acids is 2. The van der Waals surface area contributed by atoms with Gasteiger partial charge in [0.15, 0.2) is 5.65 Å². The zero-order chi connectivity index (χ0) is 28.9. The molecule has 2 amide bonds. The van der Waals surface area contributed by atoms with Crippen molar-refractivity contribution < 1.29 is 19.1 Å². The minimum absolute atomic E-state index is 0.0603. The summed E-state index contributed by atoms with van der Waals surface area (Å²) < 4.78 is 15.5. The number of fused-ring (bicyclic) bond motifs is 1. The Morgan fingerprint density at radius 1 is 1.18 bits per heavy atom. The molecule has 11 nitrogen and oxygen atoms in total. The molecule has 0 spiro atoms. The highest BCUT2D eigenvalue weighted by Crippen LogP contribution is 2.31. The van der Waals surface area contributed by atoms with E-state index >= 15 is 0 Å². The summed E-state index contributed by atoms with van der Waals surface area (Å²) in [6.45, 7) is 11.5. The number of benzene rings is 1. The number of hydrogen-bond acceptors (Lipinski definition) is 7. The van der Waals surface area contributed by atoms with Crippen molar-refractivity contribution in [3.63, 3.8) is 0 Å². The number of aromatic nitrogens is 5. The molecule has 0 saturated heterocycles. The quantitative estimate of drug-likeness (QED) is 0.152. The second-order valence-electron chi connectivity index (χ2n) is 10.8. The Bertz CT molecular complexity index is 1520. The van der Waals surface area contributed by atoms with Gasteiger partial charge in [-0.1, -0.05) is 32.3 Å².